The van der Waals surface area contributed by atoms with Crippen molar-refractivity contribution in [3.8, 4) is 0 Å². The molecule has 0 aromatic rings. The van der Waals surface area contributed by atoms with Crippen molar-refractivity contribution >= 4 is 52.4 Å². The smallest absolute Gasteiger partial charge is 0.177 e. The fraction of sp³-hybridized carbons (Fsp3) is 0.250. The Labute approximate surface area is 75.6 Å². The van der Waals surface area contributed by atoms with E-state index in [-0.39, 0.29) is 0 Å². The fourth-order valence-corrected chi connectivity index (χ4v) is 0.775. The first-order chi connectivity index (χ1) is 4.70. The normalized spacial score (nSPS) is 7.70. The van der Waals surface area contributed by atoms with E-state index in [0.29, 0.717) is 10.2 Å². The summed E-state index contributed by atoms with van der Waals surface area (Å²) in [6, 6.07) is 0. The Bertz CT molecular complexity index is 156. The second-order valence-electron chi connectivity index (χ2n) is 1.30. The summed E-state index contributed by atoms with van der Waals surface area (Å²) in [6.45, 7) is 0. The average molecular weight is 193 g/mol. The summed E-state index contributed by atoms with van der Waals surface area (Å²) in [5.74, 6) is 0. The van der Waals surface area contributed by atoms with Gasteiger partial charge in [0.25, 0.3) is 0 Å². The quantitative estimate of drug-likeness (QED) is 0.505. The molecule has 0 bridgehead atoms. The summed E-state index contributed by atoms with van der Waals surface area (Å²) in [6.07, 6.45) is 0. The predicted molar refractivity (Wildman–Crippen MR) is 54.2 cm³/mol. The van der Waals surface area contributed by atoms with Gasteiger partial charge in [-0.25, -0.2) is 0 Å². The van der Waals surface area contributed by atoms with Crippen LogP contribution in [0, 0.1) is 0 Å². The summed E-state index contributed by atoms with van der Waals surface area (Å²) in [5.41, 5.74) is 1.31. The van der Waals surface area contributed by atoms with Crippen LogP contribution in [0.2, 0.25) is 0 Å². The number of hydrogen-bond donors (Lipinski definition) is 3. The standard InChI is InChI=1S/C4H7N3S3/c1-5-3(9)7-4(10)6-2-8/h2H,1H3,(H3,5,6,7,8,9,10). The maximum absolute atomic E-state index is 4.75. The Kier molecular flexibility index (Phi) is 5.27. The minimum absolute atomic E-state index is 0.398. The van der Waals surface area contributed by atoms with Gasteiger partial charge in [0, 0.05) is 7.05 Å². The first kappa shape index (κ1) is 9.67. The van der Waals surface area contributed by atoms with Crippen molar-refractivity contribution in [2.24, 2.45) is 0 Å². The zero-order chi connectivity index (χ0) is 7.98. The minimum Gasteiger partial charge on any atom is -0.365 e. The third kappa shape index (κ3) is 4.54. The first-order valence-electron chi connectivity index (χ1n) is 2.43. The van der Waals surface area contributed by atoms with Crippen LogP contribution in [-0.2, 0) is 0 Å². The second-order valence-corrected chi connectivity index (χ2v) is 2.35. The van der Waals surface area contributed by atoms with Crippen molar-refractivity contribution < 1.29 is 0 Å². The zero-order valence-electron chi connectivity index (χ0n) is 5.30. The molecule has 0 atom stereocenters. The molecular formula is C4H7N3S3. The zero-order valence-corrected chi connectivity index (χ0v) is 7.75. The molecule has 0 unspecified atom stereocenters. The van der Waals surface area contributed by atoms with Gasteiger partial charge in [0.2, 0.25) is 0 Å². The van der Waals surface area contributed by atoms with Crippen LogP contribution in [-0.4, -0.2) is 22.8 Å². The van der Waals surface area contributed by atoms with Gasteiger partial charge in [0.1, 0.15) is 0 Å². The third-order valence-electron chi connectivity index (χ3n) is 0.644. The van der Waals surface area contributed by atoms with Gasteiger partial charge in [-0.2, -0.15) is 0 Å². The van der Waals surface area contributed by atoms with Gasteiger partial charge in [-0.15, -0.1) is 0 Å². The van der Waals surface area contributed by atoms with E-state index in [4.69, 9.17) is 24.4 Å². The summed E-state index contributed by atoms with van der Waals surface area (Å²) < 4.78 is 0. The van der Waals surface area contributed by atoms with Crippen LogP contribution in [0.1, 0.15) is 0 Å². The van der Waals surface area contributed by atoms with Crippen molar-refractivity contribution in [1.82, 2.24) is 16.0 Å². The maximum Gasteiger partial charge on any atom is 0.177 e. The monoisotopic (exact) mass is 193 g/mol. The van der Waals surface area contributed by atoms with Crippen molar-refractivity contribution in [2.75, 3.05) is 7.05 Å². The van der Waals surface area contributed by atoms with Crippen molar-refractivity contribution in [1.29, 1.82) is 0 Å². The predicted octanol–water partition coefficient (Wildman–Crippen LogP) is -0.0880. The molecule has 0 radical (unpaired) electrons. The highest BCUT2D eigenvalue weighted by Crippen LogP contribution is 1.65. The van der Waals surface area contributed by atoms with E-state index in [2.05, 4.69) is 28.2 Å². The van der Waals surface area contributed by atoms with Gasteiger partial charge in [-0.1, -0.05) is 12.2 Å². The molecule has 56 valence electrons. The summed E-state index contributed by atoms with van der Waals surface area (Å²) in [4.78, 5) is 0. The topological polar surface area (TPSA) is 36.1 Å². The molecule has 0 aromatic carbocycles. The van der Waals surface area contributed by atoms with Gasteiger partial charge in [-0.05, 0) is 24.4 Å². The maximum atomic E-state index is 4.75. The Morgan fingerprint density at radius 2 is 1.90 bits per heavy atom. The minimum atomic E-state index is 0.398. The molecule has 3 N–H and O–H groups in total. The number of nitrogens with one attached hydrogen (secondary N) is 3. The van der Waals surface area contributed by atoms with E-state index >= 15 is 0 Å². The van der Waals surface area contributed by atoms with Crippen molar-refractivity contribution in [2.45, 2.75) is 0 Å². The summed E-state index contributed by atoms with van der Waals surface area (Å²) >= 11 is 14.0. The molecule has 0 rings (SSSR count). The van der Waals surface area contributed by atoms with Gasteiger partial charge < -0.3 is 16.0 Å². The van der Waals surface area contributed by atoms with Crippen LogP contribution in [0.25, 0.3) is 0 Å². The lowest BCUT2D eigenvalue weighted by Crippen LogP contribution is -2.42. The molecule has 0 heterocycles. The molecule has 0 amide bonds. The molecule has 0 aromatic heterocycles. The molecule has 0 spiro atoms. The van der Waals surface area contributed by atoms with Crippen molar-refractivity contribution in [3.63, 3.8) is 0 Å². The van der Waals surface area contributed by atoms with Crippen LogP contribution >= 0.6 is 36.7 Å². The third-order valence-corrected chi connectivity index (χ3v) is 1.29. The molecule has 0 saturated heterocycles. The molecule has 0 aliphatic carbocycles. The Morgan fingerprint density at radius 1 is 1.30 bits per heavy atom. The number of hydrogen-bond acceptors (Lipinski definition) is 3. The van der Waals surface area contributed by atoms with Crippen LogP contribution in [0.5, 0.6) is 0 Å². The van der Waals surface area contributed by atoms with Crippen LogP contribution in [0.15, 0.2) is 0 Å². The van der Waals surface area contributed by atoms with Crippen LogP contribution in [0.4, 0.5) is 0 Å². The SMILES string of the molecule is CNC(=S)NC(=S)NC=S. The molecule has 0 aliphatic heterocycles. The first-order valence-corrected chi connectivity index (χ1v) is 3.72. The molecular weight excluding hydrogens is 186 g/mol. The van der Waals surface area contributed by atoms with E-state index < -0.39 is 0 Å². The molecule has 10 heavy (non-hydrogen) atoms. The van der Waals surface area contributed by atoms with E-state index in [1.54, 1.807) is 7.05 Å². The fourth-order valence-electron chi connectivity index (χ4n) is 0.255. The molecule has 0 saturated carbocycles. The lowest BCUT2D eigenvalue weighted by Gasteiger charge is -2.05. The summed E-state index contributed by atoms with van der Waals surface area (Å²) in [7, 11) is 1.70. The molecule has 3 nitrogen and oxygen atoms in total. The van der Waals surface area contributed by atoms with Crippen molar-refractivity contribution in [3.05, 3.63) is 0 Å². The average Bonchev–Trinajstić information content (AvgIpc) is 1.88. The molecule has 0 fully saturated rings. The van der Waals surface area contributed by atoms with Crippen LogP contribution in [0.3, 0.4) is 0 Å². The second kappa shape index (κ2) is 5.45. The van der Waals surface area contributed by atoms with Gasteiger partial charge >= 0.3 is 0 Å². The van der Waals surface area contributed by atoms with Gasteiger partial charge in [0.15, 0.2) is 10.2 Å². The lowest BCUT2D eigenvalue weighted by atomic mass is 10.9. The summed E-state index contributed by atoms with van der Waals surface area (Å²) in [5, 5.41) is 8.83. The van der Waals surface area contributed by atoms with E-state index in [0.717, 1.165) is 0 Å². The largest absolute Gasteiger partial charge is 0.365 e. The molecule has 0 aliphatic rings. The number of thiocarbonyl (C=S) groups is 3. The number of rotatable bonds is 1. The van der Waals surface area contributed by atoms with E-state index in [9.17, 15) is 0 Å². The van der Waals surface area contributed by atoms with E-state index in [1.165, 1.54) is 5.49 Å². The molecule has 6 heteroatoms. The highest BCUT2D eigenvalue weighted by Gasteiger charge is 1.92. The van der Waals surface area contributed by atoms with E-state index in [1.807, 2.05) is 0 Å². The van der Waals surface area contributed by atoms with Crippen LogP contribution < -0.4 is 16.0 Å². The Balaban J connectivity index is 3.57. The Morgan fingerprint density at radius 3 is 2.30 bits per heavy atom. The Hall–Kier alpha value is -0.330. The highest BCUT2D eigenvalue weighted by molar-refractivity contribution is 7.82. The van der Waals surface area contributed by atoms with Gasteiger partial charge in [0.05, 0.1) is 5.49 Å². The van der Waals surface area contributed by atoms with Gasteiger partial charge in [-0.3, -0.25) is 0 Å². The highest BCUT2D eigenvalue weighted by atomic mass is 32.1. The lowest BCUT2D eigenvalue weighted by molar-refractivity contribution is 1.12.